The van der Waals surface area contributed by atoms with Crippen molar-refractivity contribution in [3.8, 4) is 0 Å². The van der Waals surface area contributed by atoms with Crippen LogP contribution in [0.5, 0.6) is 0 Å². The van der Waals surface area contributed by atoms with E-state index in [4.69, 9.17) is 22.0 Å². The lowest BCUT2D eigenvalue weighted by molar-refractivity contribution is 0.193. The molecule has 0 amide bonds. The van der Waals surface area contributed by atoms with Crippen LogP contribution in [0, 0.1) is 0 Å². The summed E-state index contributed by atoms with van der Waals surface area (Å²) >= 11 is 8.88. The lowest BCUT2D eigenvalue weighted by Gasteiger charge is -2.04. The Bertz CT molecular complexity index is 242. The molecule has 16 heavy (non-hydrogen) atoms. The predicted molar refractivity (Wildman–Crippen MR) is 71.9 cm³/mol. The van der Waals surface area contributed by atoms with Crippen LogP contribution in [0.4, 0.5) is 0 Å². The molecule has 0 saturated heterocycles. The maximum atomic E-state index is 10.3. The highest BCUT2D eigenvalue weighted by atomic mass is 32.1. The highest BCUT2D eigenvalue weighted by molar-refractivity contribution is 8.11. The van der Waals surface area contributed by atoms with E-state index in [0.29, 0.717) is 6.42 Å². The Morgan fingerprint density at radius 1 is 1.12 bits per heavy atom. The molecule has 0 aromatic rings. The van der Waals surface area contributed by atoms with Crippen LogP contribution in [-0.4, -0.2) is 20.6 Å². The van der Waals surface area contributed by atoms with E-state index in [1.54, 1.807) is 0 Å². The average molecular weight is 286 g/mol. The molecule has 0 fully saturated rings. The molecule has 0 aliphatic carbocycles. The first-order valence-corrected chi connectivity index (χ1v) is 7.72. The normalized spacial score (nSPS) is 11.7. The van der Waals surface area contributed by atoms with E-state index in [1.807, 2.05) is 0 Å². The van der Waals surface area contributed by atoms with Gasteiger partial charge in [-0.1, -0.05) is 37.9 Å². The van der Waals surface area contributed by atoms with Crippen molar-refractivity contribution in [2.75, 3.05) is 6.61 Å². The first kappa shape index (κ1) is 16.6. The van der Waals surface area contributed by atoms with Crippen molar-refractivity contribution >= 4 is 36.9 Å². The van der Waals surface area contributed by atoms with Crippen LogP contribution in [0.25, 0.3) is 0 Å². The Morgan fingerprint density at radius 2 is 1.62 bits per heavy atom. The Kier molecular flexibility index (Phi) is 9.90. The van der Waals surface area contributed by atoms with Crippen molar-refractivity contribution in [2.45, 2.75) is 44.9 Å². The van der Waals surface area contributed by atoms with Crippen molar-refractivity contribution in [1.82, 2.24) is 0 Å². The van der Waals surface area contributed by atoms with Crippen LogP contribution in [0.1, 0.15) is 44.9 Å². The van der Waals surface area contributed by atoms with E-state index in [1.165, 1.54) is 0 Å². The van der Waals surface area contributed by atoms with Crippen LogP contribution >= 0.6 is 32.7 Å². The highest BCUT2D eigenvalue weighted by Gasteiger charge is 2.12. The number of unbranched alkanes of at least 4 members (excludes halogenated alkanes) is 5. The molecule has 0 spiro atoms. The number of thiocarbonyl (C=S) groups is 1. The topological polar surface area (TPSA) is 66.8 Å². The summed E-state index contributed by atoms with van der Waals surface area (Å²) in [7, 11) is -4.27. The van der Waals surface area contributed by atoms with Gasteiger partial charge in [-0.3, -0.25) is 4.52 Å². The Balaban J connectivity index is 3.10. The van der Waals surface area contributed by atoms with Gasteiger partial charge >= 0.3 is 7.82 Å². The largest absolute Gasteiger partial charge is 0.469 e. The van der Waals surface area contributed by atoms with Crippen molar-refractivity contribution in [2.24, 2.45) is 0 Å². The lowest BCUT2D eigenvalue weighted by atomic mass is 10.1. The number of rotatable bonds is 10. The molecule has 96 valence electrons. The number of phosphoric ester groups is 1. The third-order valence-corrected chi connectivity index (χ3v) is 2.99. The third kappa shape index (κ3) is 14.6. The van der Waals surface area contributed by atoms with Gasteiger partial charge in [0.05, 0.1) is 6.61 Å². The second kappa shape index (κ2) is 9.57. The molecular formula is C9H19O4PS2. The second-order valence-electron chi connectivity index (χ2n) is 3.59. The molecule has 0 unspecified atom stereocenters. The minimum Gasteiger partial charge on any atom is -0.303 e. The molecule has 0 rings (SSSR count). The molecule has 0 atom stereocenters. The zero-order chi connectivity index (χ0) is 12.4. The van der Waals surface area contributed by atoms with Gasteiger partial charge in [0.15, 0.2) is 0 Å². The van der Waals surface area contributed by atoms with Crippen molar-refractivity contribution in [1.29, 1.82) is 0 Å². The zero-order valence-electron chi connectivity index (χ0n) is 9.17. The monoisotopic (exact) mass is 286 g/mol. The van der Waals surface area contributed by atoms with Crippen LogP contribution in [0.15, 0.2) is 0 Å². The summed E-state index contributed by atoms with van der Waals surface area (Å²) in [5.41, 5.74) is 0. The van der Waals surface area contributed by atoms with Gasteiger partial charge in [-0.2, -0.15) is 0 Å². The maximum absolute atomic E-state index is 10.3. The van der Waals surface area contributed by atoms with Crippen LogP contribution in [0.3, 0.4) is 0 Å². The highest BCUT2D eigenvalue weighted by Crippen LogP contribution is 2.35. The van der Waals surface area contributed by atoms with Gasteiger partial charge < -0.3 is 9.79 Å². The number of hydrogen-bond acceptors (Lipinski definition) is 3. The fourth-order valence-electron chi connectivity index (χ4n) is 1.27. The average Bonchev–Trinajstić information content (AvgIpc) is 2.13. The molecule has 0 bridgehead atoms. The fraction of sp³-hybridized carbons (Fsp3) is 0.889. The SMILES string of the molecule is O=P(O)(O)OCCCCCCCCC(=S)S. The van der Waals surface area contributed by atoms with Crippen molar-refractivity contribution in [3.05, 3.63) is 0 Å². The minimum absolute atomic E-state index is 0.130. The standard InChI is InChI=1S/C9H19O4PS2/c10-14(11,12)13-8-6-4-2-1-3-5-7-9(15)16/h1-8H2,(H,15,16)(H2,10,11,12). The Hall–Kier alpha value is 0.550. The first-order chi connectivity index (χ1) is 7.42. The summed E-state index contributed by atoms with van der Waals surface area (Å²) in [6.07, 6.45) is 6.89. The van der Waals surface area contributed by atoms with Crippen molar-refractivity contribution < 1.29 is 18.9 Å². The molecule has 0 heterocycles. The minimum atomic E-state index is -4.27. The molecule has 0 radical (unpaired) electrons. The Labute approximate surface area is 107 Å². The summed E-state index contributed by atoms with van der Waals surface area (Å²) in [5, 5.41) is 0. The van der Waals surface area contributed by atoms with Gasteiger partial charge in [0.1, 0.15) is 0 Å². The molecule has 0 aliphatic heterocycles. The van der Waals surface area contributed by atoms with Crippen molar-refractivity contribution in [3.63, 3.8) is 0 Å². The van der Waals surface area contributed by atoms with E-state index in [9.17, 15) is 4.57 Å². The summed E-state index contributed by atoms with van der Waals surface area (Å²) in [6, 6.07) is 0. The van der Waals surface area contributed by atoms with Gasteiger partial charge in [-0.15, -0.1) is 12.6 Å². The molecule has 0 aliphatic rings. The van der Waals surface area contributed by atoms with Gasteiger partial charge in [0, 0.05) is 4.20 Å². The number of phosphoric acid groups is 1. The summed E-state index contributed by atoms with van der Waals surface area (Å²) < 4.78 is 15.4. The second-order valence-corrected chi connectivity index (χ2v) is 6.16. The maximum Gasteiger partial charge on any atom is 0.469 e. The van der Waals surface area contributed by atoms with Crippen LogP contribution in [0.2, 0.25) is 0 Å². The molecule has 2 N–H and O–H groups in total. The Morgan fingerprint density at radius 3 is 2.12 bits per heavy atom. The molecule has 7 heteroatoms. The summed E-state index contributed by atoms with van der Waals surface area (Å²) in [6.45, 7) is 0.130. The summed E-state index contributed by atoms with van der Waals surface area (Å²) in [4.78, 5) is 16.8. The fourth-order valence-corrected chi connectivity index (χ4v) is 1.94. The molecule has 0 aromatic heterocycles. The number of thiol groups is 1. The predicted octanol–water partition coefficient (Wildman–Crippen LogP) is 3.08. The van der Waals surface area contributed by atoms with E-state index in [-0.39, 0.29) is 6.61 Å². The first-order valence-electron chi connectivity index (χ1n) is 5.34. The van der Waals surface area contributed by atoms with Crippen LogP contribution in [-0.2, 0) is 9.09 Å². The van der Waals surface area contributed by atoms with E-state index in [0.717, 1.165) is 42.7 Å². The van der Waals surface area contributed by atoms with Gasteiger partial charge in [0.2, 0.25) is 0 Å². The van der Waals surface area contributed by atoms with Gasteiger partial charge in [-0.25, -0.2) is 4.57 Å². The molecule has 0 saturated carbocycles. The van der Waals surface area contributed by atoms with Gasteiger partial charge in [0.25, 0.3) is 0 Å². The lowest BCUT2D eigenvalue weighted by Crippen LogP contribution is -1.92. The summed E-state index contributed by atoms with van der Waals surface area (Å²) in [5.74, 6) is 0. The zero-order valence-corrected chi connectivity index (χ0v) is 11.8. The third-order valence-electron chi connectivity index (χ3n) is 2.04. The number of hydrogen-bond donors (Lipinski definition) is 3. The van der Waals surface area contributed by atoms with E-state index in [2.05, 4.69) is 17.2 Å². The molecule has 4 nitrogen and oxygen atoms in total. The quantitative estimate of drug-likeness (QED) is 0.249. The van der Waals surface area contributed by atoms with E-state index < -0.39 is 7.82 Å². The van der Waals surface area contributed by atoms with Gasteiger partial charge in [-0.05, 0) is 19.3 Å². The smallest absolute Gasteiger partial charge is 0.303 e. The van der Waals surface area contributed by atoms with Crippen LogP contribution < -0.4 is 0 Å². The molecular weight excluding hydrogens is 267 g/mol. The van der Waals surface area contributed by atoms with E-state index >= 15 is 0 Å². The molecule has 0 aromatic carbocycles.